The van der Waals surface area contributed by atoms with E-state index in [0.29, 0.717) is 25.4 Å². The van der Waals surface area contributed by atoms with Crippen molar-refractivity contribution in [2.75, 3.05) is 13.1 Å². The molecular weight excluding hydrogens is 206 g/mol. The van der Waals surface area contributed by atoms with Crippen molar-refractivity contribution >= 4 is 11.9 Å². The summed E-state index contributed by atoms with van der Waals surface area (Å²) in [6, 6.07) is 0. The van der Waals surface area contributed by atoms with Gasteiger partial charge in [0.1, 0.15) is 0 Å². The normalized spacial score (nSPS) is 29.4. The second-order valence-corrected chi connectivity index (χ2v) is 4.99. The third-order valence-corrected chi connectivity index (χ3v) is 3.73. The van der Waals surface area contributed by atoms with E-state index < -0.39 is 5.97 Å². The molecule has 0 spiro atoms. The second kappa shape index (κ2) is 4.44. The molecule has 0 bridgehead atoms. The molecule has 4 heteroatoms. The summed E-state index contributed by atoms with van der Waals surface area (Å²) in [7, 11) is 0. The number of carboxylic acids is 1. The van der Waals surface area contributed by atoms with E-state index in [0.717, 1.165) is 19.3 Å². The zero-order valence-electron chi connectivity index (χ0n) is 9.69. The third-order valence-electron chi connectivity index (χ3n) is 3.73. The predicted molar refractivity (Wildman–Crippen MR) is 58.8 cm³/mol. The summed E-state index contributed by atoms with van der Waals surface area (Å²) in [5.41, 5.74) is 0. The molecule has 0 radical (unpaired) electrons. The number of rotatable bonds is 4. The molecule has 1 amide bonds. The Labute approximate surface area is 95.6 Å². The van der Waals surface area contributed by atoms with E-state index in [-0.39, 0.29) is 17.7 Å². The van der Waals surface area contributed by atoms with Gasteiger partial charge in [0.05, 0.1) is 5.92 Å². The quantitative estimate of drug-likeness (QED) is 0.785. The van der Waals surface area contributed by atoms with Gasteiger partial charge < -0.3 is 10.0 Å². The lowest BCUT2D eigenvalue weighted by atomic mass is 9.92. The molecule has 0 aromatic heterocycles. The molecule has 2 fully saturated rings. The maximum absolute atomic E-state index is 11.7. The lowest BCUT2D eigenvalue weighted by molar-refractivity contribution is -0.142. The van der Waals surface area contributed by atoms with Gasteiger partial charge in [-0.25, -0.2) is 0 Å². The minimum atomic E-state index is -0.733. The maximum Gasteiger partial charge on any atom is 0.308 e. The van der Waals surface area contributed by atoms with Gasteiger partial charge in [-0.2, -0.15) is 0 Å². The van der Waals surface area contributed by atoms with Crippen LogP contribution in [-0.2, 0) is 9.59 Å². The molecule has 90 valence electrons. The average Bonchev–Trinajstić information content (AvgIpc) is 2.97. The number of hydrogen-bond donors (Lipinski definition) is 1. The number of carbonyl (C=O) groups excluding carboxylic acids is 1. The Morgan fingerprint density at radius 3 is 2.50 bits per heavy atom. The van der Waals surface area contributed by atoms with Gasteiger partial charge in [-0.1, -0.05) is 6.92 Å². The summed E-state index contributed by atoms with van der Waals surface area (Å²) in [6.07, 6.45) is 3.67. The fourth-order valence-electron chi connectivity index (χ4n) is 2.67. The molecule has 1 heterocycles. The summed E-state index contributed by atoms with van der Waals surface area (Å²) < 4.78 is 0. The highest BCUT2D eigenvalue weighted by molar-refractivity contribution is 5.79. The molecule has 0 aromatic rings. The van der Waals surface area contributed by atoms with Crippen LogP contribution in [0.3, 0.4) is 0 Å². The van der Waals surface area contributed by atoms with Crippen LogP contribution >= 0.6 is 0 Å². The molecular formula is C12H19NO3. The van der Waals surface area contributed by atoms with Gasteiger partial charge in [0.15, 0.2) is 0 Å². The van der Waals surface area contributed by atoms with Gasteiger partial charge in [-0.05, 0) is 31.1 Å². The number of hydrogen-bond acceptors (Lipinski definition) is 2. The first kappa shape index (κ1) is 11.4. The van der Waals surface area contributed by atoms with Crippen molar-refractivity contribution in [2.24, 2.45) is 17.8 Å². The molecule has 0 aromatic carbocycles. The SMILES string of the molecule is CCCC(=O)N1C[C@H](C(=O)O)[C@@H](C2CC2)C1. The molecule has 1 aliphatic heterocycles. The molecule has 2 rings (SSSR count). The van der Waals surface area contributed by atoms with Crippen LogP contribution in [0.2, 0.25) is 0 Å². The molecule has 2 atom stereocenters. The zero-order chi connectivity index (χ0) is 11.7. The highest BCUT2D eigenvalue weighted by Gasteiger charge is 2.46. The lowest BCUT2D eigenvalue weighted by Crippen LogP contribution is -2.29. The Morgan fingerprint density at radius 2 is 2.00 bits per heavy atom. The highest BCUT2D eigenvalue weighted by Crippen LogP contribution is 2.44. The van der Waals surface area contributed by atoms with Crippen molar-refractivity contribution in [3.63, 3.8) is 0 Å². The number of likely N-dealkylation sites (tertiary alicyclic amines) is 1. The van der Waals surface area contributed by atoms with E-state index in [4.69, 9.17) is 5.11 Å². The van der Waals surface area contributed by atoms with E-state index in [9.17, 15) is 9.59 Å². The first-order valence-corrected chi connectivity index (χ1v) is 6.14. The van der Waals surface area contributed by atoms with E-state index in [1.807, 2.05) is 6.92 Å². The van der Waals surface area contributed by atoms with Crippen LogP contribution in [-0.4, -0.2) is 35.0 Å². The second-order valence-electron chi connectivity index (χ2n) is 4.99. The first-order chi connectivity index (χ1) is 7.63. The average molecular weight is 225 g/mol. The van der Waals surface area contributed by atoms with Crippen molar-refractivity contribution in [3.8, 4) is 0 Å². The Morgan fingerprint density at radius 1 is 1.31 bits per heavy atom. The predicted octanol–water partition coefficient (Wildman–Crippen LogP) is 1.36. The Bertz CT molecular complexity index is 299. The van der Waals surface area contributed by atoms with Crippen LogP contribution in [0.4, 0.5) is 0 Å². The molecule has 1 aliphatic carbocycles. The maximum atomic E-state index is 11.7. The molecule has 2 aliphatic rings. The van der Waals surface area contributed by atoms with E-state index >= 15 is 0 Å². The van der Waals surface area contributed by atoms with Gasteiger partial charge in [0.2, 0.25) is 5.91 Å². The molecule has 1 saturated carbocycles. The fraction of sp³-hybridized carbons (Fsp3) is 0.833. The lowest BCUT2D eigenvalue weighted by Gasteiger charge is -2.15. The molecule has 0 unspecified atom stereocenters. The minimum Gasteiger partial charge on any atom is -0.481 e. The molecule has 16 heavy (non-hydrogen) atoms. The van der Waals surface area contributed by atoms with Crippen LogP contribution < -0.4 is 0 Å². The summed E-state index contributed by atoms with van der Waals surface area (Å²) in [5, 5.41) is 9.15. The number of carboxylic acid groups (broad SMARTS) is 1. The summed E-state index contributed by atoms with van der Waals surface area (Å²) in [4.78, 5) is 24.6. The van der Waals surface area contributed by atoms with Gasteiger partial charge in [0, 0.05) is 19.5 Å². The van der Waals surface area contributed by atoms with Crippen molar-refractivity contribution in [3.05, 3.63) is 0 Å². The van der Waals surface area contributed by atoms with E-state index in [2.05, 4.69) is 0 Å². The van der Waals surface area contributed by atoms with Crippen LogP contribution in [0.1, 0.15) is 32.6 Å². The van der Waals surface area contributed by atoms with Crippen molar-refractivity contribution < 1.29 is 14.7 Å². The molecule has 1 saturated heterocycles. The monoisotopic (exact) mass is 225 g/mol. The number of aliphatic carboxylic acids is 1. The largest absolute Gasteiger partial charge is 0.481 e. The Balaban J connectivity index is 1.99. The fourth-order valence-corrected chi connectivity index (χ4v) is 2.67. The Hall–Kier alpha value is -1.06. The van der Waals surface area contributed by atoms with Crippen molar-refractivity contribution in [2.45, 2.75) is 32.6 Å². The van der Waals surface area contributed by atoms with E-state index in [1.54, 1.807) is 4.90 Å². The number of carbonyl (C=O) groups is 2. The topological polar surface area (TPSA) is 57.6 Å². The molecule has 1 N–H and O–H groups in total. The number of amides is 1. The molecule has 4 nitrogen and oxygen atoms in total. The summed E-state index contributed by atoms with van der Waals surface area (Å²) in [6.45, 7) is 3.07. The summed E-state index contributed by atoms with van der Waals surface area (Å²) in [5.74, 6) is -0.173. The minimum absolute atomic E-state index is 0.122. The standard InChI is InChI=1S/C12H19NO3/c1-2-3-11(14)13-6-9(8-4-5-8)10(7-13)12(15)16/h8-10H,2-7H2,1H3,(H,15,16)/t9-,10+/m1/s1. The van der Waals surface area contributed by atoms with Gasteiger partial charge in [-0.15, -0.1) is 0 Å². The summed E-state index contributed by atoms with van der Waals surface area (Å²) >= 11 is 0. The van der Waals surface area contributed by atoms with Crippen molar-refractivity contribution in [1.29, 1.82) is 0 Å². The third kappa shape index (κ3) is 2.20. The van der Waals surface area contributed by atoms with E-state index in [1.165, 1.54) is 0 Å². The van der Waals surface area contributed by atoms with Crippen LogP contribution in [0, 0.1) is 17.8 Å². The van der Waals surface area contributed by atoms with Crippen LogP contribution in [0.25, 0.3) is 0 Å². The smallest absolute Gasteiger partial charge is 0.308 e. The van der Waals surface area contributed by atoms with Gasteiger partial charge in [-0.3, -0.25) is 9.59 Å². The van der Waals surface area contributed by atoms with Gasteiger partial charge in [0.25, 0.3) is 0 Å². The first-order valence-electron chi connectivity index (χ1n) is 6.14. The Kier molecular flexibility index (Phi) is 3.17. The highest BCUT2D eigenvalue weighted by atomic mass is 16.4. The number of nitrogens with zero attached hydrogens (tertiary/aromatic N) is 1. The van der Waals surface area contributed by atoms with Gasteiger partial charge >= 0.3 is 5.97 Å². The van der Waals surface area contributed by atoms with Crippen LogP contribution in [0.5, 0.6) is 0 Å². The van der Waals surface area contributed by atoms with Crippen LogP contribution in [0.15, 0.2) is 0 Å². The zero-order valence-corrected chi connectivity index (χ0v) is 9.69. The van der Waals surface area contributed by atoms with Crippen molar-refractivity contribution in [1.82, 2.24) is 4.90 Å².